The summed E-state index contributed by atoms with van der Waals surface area (Å²) in [6, 6.07) is 0. The fourth-order valence-electron chi connectivity index (χ4n) is 2.89. The molecule has 1 amide bonds. The molecular weight excluding hydrogens is 256 g/mol. The highest BCUT2D eigenvalue weighted by Gasteiger charge is 2.38. The van der Waals surface area contributed by atoms with E-state index < -0.39 is 0 Å². The van der Waals surface area contributed by atoms with Crippen LogP contribution in [-0.2, 0) is 9.63 Å². The van der Waals surface area contributed by atoms with E-state index in [1.807, 2.05) is 4.90 Å². The van der Waals surface area contributed by atoms with Gasteiger partial charge in [0.1, 0.15) is 18.2 Å². The van der Waals surface area contributed by atoms with Gasteiger partial charge in [0.25, 0.3) is 5.91 Å². The van der Waals surface area contributed by atoms with Gasteiger partial charge >= 0.3 is 0 Å². The summed E-state index contributed by atoms with van der Waals surface area (Å²) in [7, 11) is 1.61. The normalized spacial score (nSPS) is 21.6. The maximum Gasteiger partial charge on any atom is 0.274 e. The van der Waals surface area contributed by atoms with Crippen molar-refractivity contribution in [1.29, 1.82) is 0 Å². The number of carbonyl (C=O) groups is 1. The zero-order valence-corrected chi connectivity index (χ0v) is 12.1. The lowest BCUT2D eigenvalue weighted by molar-refractivity contribution is -0.119. The van der Waals surface area contributed by atoms with Crippen LogP contribution in [0.25, 0.3) is 0 Å². The summed E-state index contributed by atoms with van der Waals surface area (Å²) in [5.41, 5.74) is 2.79. The number of nitrogens with one attached hydrogen (secondary N) is 1. The van der Waals surface area contributed by atoms with E-state index in [9.17, 15) is 4.79 Å². The predicted octanol–water partition coefficient (Wildman–Crippen LogP) is 0.935. The number of allylic oxidation sites excluding steroid dienone is 1. The largest absolute Gasteiger partial charge is 0.352 e. The molecule has 6 nitrogen and oxygen atoms in total. The zero-order valence-electron chi connectivity index (χ0n) is 12.1. The number of hydrogen-bond acceptors (Lipinski definition) is 5. The van der Waals surface area contributed by atoms with Gasteiger partial charge in [0.05, 0.1) is 19.0 Å². The highest BCUT2D eigenvalue weighted by molar-refractivity contribution is 5.96. The minimum Gasteiger partial charge on any atom is -0.352 e. The highest BCUT2D eigenvalue weighted by Crippen LogP contribution is 2.32. The Balaban J connectivity index is 2.01. The van der Waals surface area contributed by atoms with Gasteiger partial charge in [-0.05, 0) is 19.4 Å². The average molecular weight is 276 g/mol. The molecule has 3 aliphatic rings. The summed E-state index contributed by atoms with van der Waals surface area (Å²) in [4.78, 5) is 21.7. The summed E-state index contributed by atoms with van der Waals surface area (Å²) in [6.07, 6.45) is 4.87. The Morgan fingerprint density at radius 2 is 2.25 bits per heavy atom. The van der Waals surface area contributed by atoms with Crippen LogP contribution < -0.4 is 5.32 Å². The van der Waals surface area contributed by atoms with Crippen LogP contribution in [0.5, 0.6) is 0 Å². The lowest BCUT2D eigenvalue weighted by Gasteiger charge is -2.41. The van der Waals surface area contributed by atoms with Crippen LogP contribution in [0, 0.1) is 0 Å². The van der Waals surface area contributed by atoms with Crippen molar-refractivity contribution in [2.75, 3.05) is 26.9 Å². The van der Waals surface area contributed by atoms with Crippen molar-refractivity contribution in [2.45, 2.75) is 20.3 Å². The quantitative estimate of drug-likeness (QED) is 0.831. The molecule has 3 aliphatic heterocycles. The minimum atomic E-state index is -0.0781. The van der Waals surface area contributed by atoms with Gasteiger partial charge < -0.3 is 10.2 Å². The lowest BCUT2D eigenvalue weighted by Crippen LogP contribution is -2.48. The predicted molar refractivity (Wildman–Crippen MR) is 74.4 cm³/mol. The standard InChI is InChI=1S/C14H20N4O2/c1-4-5-16-7-10(2)6-11-14(16)18-9-17(20-3)8-12(18)13(19)15-11/h6,8H,4-5,7,9H2,1-3H3,(H,15,19). The number of amides is 1. The number of hydrogen-bond donors (Lipinski definition) is 1. The molecule has 3 rings (SSSR count). The Morgan fingerprint density at radius 3 is 2.95 bits per heavy atom. The van der Waals surface area contributed by atoms with Crippen LogP contribution >= 0.6 is 0 Å². The molecule has 0 unspecified atom stereocenters. The molecular formula is C14H20N4O2. The van der Waals surface area contributed by atoms with E-state index in [-0.39, 0.29) is 5.91 Å². The van der Waals surface area contributed by atoms with Crippen molar-refractivity contribution in [2.24, 2.45) is 0 Å². The molecule has 1 N–H and O–H groups in total. The van der Waals surface area contributed by atoms with Crippen LogP contribution in [-0.4, -0.2) is 47.6 Å². The lowest BCUT2D eigenvalue weighted by atomic mass is 10.1. The van der Waals surface area contributed by atoms with Crippen molar-refractivity contribution >= 4 is 5.91 Å². The van der Waals surface area contributed by atoms with Crippen LogP contribution in [0.2, 0.25) is 0 Å². The van der Waals surface area contributed by atoms with Crippen molar-refractivity contribution < 1.29 is 9.63 Å². The first-order valence-electron chi connectivity index (χ1n) is 6.92. The molecule has 20 heavy (non-hydrogen) atoms. The van der Waals surface area contributed by atoms with E-state index >= 15 is 0 Å². The third-order valence-electron chi connectivity index (χ3n) is 3.67. The van der Waals surface area contributed by atoms with Gasteiger partial charge in [0.2, 0.25) is 0 Å². The molecule has 3 heterocycles. The topological polar surface area (TPSA) is 48.1 Å². The van der Waals surface area contributed by atoms with Crippen LogP contribution in [0.1, 0.15) is 20.3 Å². The molecule has 0 aromatic carbocycles. The Hall–Kier alpha value is -1.95. The van der Waals surface area contributed by atoms with Gasteiger partial charge in [-0.1, -0.05) is 12.5 Å². The first kappa shape index (κ1) is 13.1. The first-order valence-corrected chi connectivity index (χ1v) is 6.92. The SMILES string of the molecule is CCCN1CC(C)=CC2=C1N1CN(OC)C=C1C(=O)N2. The van der Waals surface area contributed by atoms with E-state index in [4.69, 9.17) is 4.84 Å². The van der Waals surface area contributed by atoms with Gasteiger partial charge in [-0.25, -0.2) is 5.06 Å². The minimum absolute atomic E-state index is 0.0781. The summed E-state index contributed by atoms with van der Waals surface area (Å²) in [5.74, 6) is 0.994. The molecule has 108 valence electrons. The maximum atomic E-state index is 12.2. The van der Waals surface area contributed by atoms with Crippen LogP contribution in [0.4, 0.5) is 0 Å². The summed E-state index contributed by atoms with van der Waals surface area (Å²) in [6.45, 7) is 6.67. The highest BCUT2D eigenvalue weighted by atomic mass is 16.7. The number of rotatable bonds is 3. The Labute approximate surface area is 118 Å². The monoisotopic (exact) mass is 276 g/mol. The molecule has 0 aliphatic carbocycles. The third kappa shape index (κ3) is 1.96. The van der Waals surface area contributed by atoms with Crippen molar-refractivity contribution in [3.05, 3.63) is 35.1 Å². The molecule has 0 atom stereocenters. The van der Waals surface area contributed by atoms with Gasteiger partial charge in [-0.3, -0.25) is 14.5 Å². The second-order valence-electron chi connectivity index (χ2n) is 5.29. The summed E-state index contributed by atoms with van der Waals surface area (Å²) < 4.78 is 0. The van der Waals surface area contributed by atoms with E-state index in [1.54, 1.807) is 18.4 Å². The fraction of sp³-hybridized carbons (Fsp3) is 0.500. The average Bonchev–Trinajstić information content (AvgIpc) is 2.83. The van der Waals surface area contributed by atoms with E-state index in [0.29, 0.717) is 12.4 Å². The zero-order chi connectivity index (χ0) is 14.3. The molecule has 0 bridgehead atoms. The van der Waals surface area contributed by atoms with E-state index in [1.165, 1.54) is 5.57 Å². The molecule has 6 heteroatoms. The fourth-order valence-corrected chi connectivity index (χ4v) is 2.89. The van der Waals surface area contributed by atoms with Crippen LogP contribution in [0.15, 0.2) is 35.1 Å². The first-order chi connectivity index (χ1) is 9.63. The number of carbonyl (C=O) groups excluding carboxylic acids is 1. The van der Waals surface area contributed by atoms with Gasteiger partial charge in [-0.15, -0.1) is 0 Å². The second kappa shape index (κ2) is 4.86. The smallest absolute Gasteiger partial charge is 0.274 e. The summed E-state index contributed by atoms with van der Waals surface area (Å²) in [5, 5.41) is 4.65. The van der Waals surface area contributed by atoms with Crippen molar-refractivity contribution in [3.63, 3.8) is 0 Å². The molecule has 0 radical (unpaired) electrons. The molecule has 0 saturated heterocycles. The molecule has 0 aromatic rings. The molecule has 0 spiro atoms. The number of fused-ring (bicyclic) bond motifs is 2. The number of hydroxylamine groups is 2. The third-order valence-corrected chi connectivity index (χ3v) is 3.67. The van der Waals surface area contributed by atoms with Gasteiger partial charge in [-0.2, -0.15) is 0 Å². The number of nitrogens with zero attached hydrogens (tertiary/aromatic N) is 3. The maximum absolute atomic E-state index is 12.2. The van der Waals surface area contributed by atoms with Crippen molar-refractivity contribution in [3.8, 4) is 0 Å². The van der Waals surface area contributed by atoms with Crippen molar-refractivity contribution in [1.82, 2.24) is 20.2 Å². The van der Waals surface area contributed by atoms with E-state index in [0.717, 1.165) is 31.0 Å². The Morgan fingerprint density at radius 1 is 1.45 bits per heavy atom. The van der Waals surface area contributed by atoms with Gasteiger partial charge in [0.15, 0.2) is 0 Å². The van der Waals surface area contributed by atoms with Crippen LogP contribution in [0.3, 0.4) is 0 Å². The van der Waals surface area contributed by atoms with E-state index in [2.05, 4.69) is 30.1 Å². The molecule has 0 aromatic heterocycles. The Bertz CT molecular complexity index is 535. The summed E-state index contributed by atoms with van der Waals surface area (Å²) >= 11 is 0. The Kier molecular flexibility index (Phi) is 3.17. The molecule has 0 fully saturated rings. The second-order valence-corrected chi connectivity index (χ2v) is 5.29. The van der Waals surface area contributed by atoms with Gasteiger partial charge in [0, 0.05) is 13.1 Å². The molecule has 0 saturated carbocycles.